The molecule has 6 nitrogen and oxygen atoms in total. The highest BCUT2D eigenvalue weighted by Crippen LogP contribution is 2.20. The number of carbonyl (C=O) groups is 1. The molecule has 0 atom stereocenters. The van der Waals surface area contributed by atoms with Crippen LogP contribution in [0.4, 0.5) is 4.39 Å². The largest absolute Gasteiger partial charge is 0.491 e. The van der Waals surface area contributed by atoms with Gasteiger partial charge in [0, 0.05) is 20.5 Å². The number of amides is 1. The van der Waals surface area contributed by atoms with Crippen molar-refractivity contribution < 1.29 is 22.3 Å². The van der Waals surface area contributed by atoms with E-state index in [0.29, 0.717) is 12.8 Å². The monoisotopic (exact) mass is 304 g/mol. The molecule has 1 rings (SSSR count). The van der Waals surface area contributed by atoms with E-state index in [2.05, 4.69) is 0 Å². The summed E-state index contributed by atoms with van der Waals surface area (Å²) in [6.45, 7) is 0.158. The number of hydrogen-bond acceptors (Lipinski definition) is 4. The van der Waals surface area contributed by atoms with Gasteiger partial charge in [0.15, 0.2) is 11.6 Å². The van der Waals surface area contributed by atoms with Crippen LogP contribution in [0.15, 0.2) is 23.1 Å². The first-order valence-electron chi connectivity index (χ1n) is 5.87. The first-order chi connectivity index (χ1) is 9.21. The summed E-state index contributed by atoms with van der Waals surface area (Å²) < 4.78 is 40.8. The zero-order chi connectivity index (χ0) is 15.3. The summed E-state index contributed by atoms with van der Waals surface area (Å²) in [6.07, 6.45) is 0.733. The van der Waals surface area contributed by atoms with Gasteiger partial charge in [-0.15, -0.1) is 0 Å². The standard InChI is InChI=1S/C12H17FN2O4S/c1-15(2)12(16)4-3-7-19-11-6-5-9(8-10(11)13)20(14,17)18/h5-6,8H,3-4,7H2,1-2H3,(H2,14,17,18). The van der Waals surface area contributed by atoms with Crippen LogP contribution in [0, 0.1) is 5.82 Å². The molecule has 8 heteroatoms. The molecule has 0 saturated heterocycles. The van der Waals surface area contributed by atoms with Crippen LogP contribution < -0.4 is 9.88 Å². The van der Waals surface area contributed by atoms with E-state index in [0.717, 1.165) is 6.07 Å². The topological polar surface area (TPSA) is 89.7 Å². The number of halogens is 1. The van der Waals surface area contributed by atoms with Crippen molar-refractivity contribution in [1.82, 2.24) is 4.90 Å². The number of carbonyl (C=O) groups excluding carboxylic acids is 1. The number of ether oxygens (including phenoxy) is 1. The van der Waals surface area contributed by atoms with Gasteiger partial charge in [-0.2, -0.15) is 0 Å². The van der Waals surface area contributed by atoms with Gasteiger partial charge in [-0.05, 0) is 24.6 Å². The van der Waals surface area contributed by atoms with E-state index in [1.807, 2.05) is 0 Å². The molecule has 20 heavy (non-hydrogen) atoms. The lowest BCUT2D eigenvalue weighted by atomic mass is 10.3. The van der Waals surface area contributed by atoms with Crippen molar-refractivity contribution in [2.24, 2.45) is 5.14 Å². The number of primary sulfonamides is 1. The van der Waals surface area contributed by atoms with Crippen molar-refractivity contribution in [3.05, 3.63) is 24.0 Å². The fourth-order valence-corrected chi connectivity index (χ4v) is 1.93. The van der Waals surface area contributed by atoms with Crippen LogP contribution >= 0.6 is 0 Å². The van der Waals surface area contributed by atoms with Gasteiger partial charge in [-0.1, -0.05) is 0 Å². The molecule has 1 aromatic carbocycles. The molecule has 0 unspecified atom stereocenters. The molecule has 0 bridgehead atoms. The molecule has 0 radical (unpaired) electrons. The zero-order valence-corrected chi connectivity index (χ0v) is 12.1. The van der Waals surface area contributed by atoms with Crippen molar-refractivity contribution in [2.75, 3.05) is 20.7 Å². The second-order valence-corrected chi connectivity index (χ2v) is 5.94. The smallest absolute Gasteiger partial charge is 0.238 e. The number of benzene rings is 1. The quantitative estimate of drug-likeness (QED) is 0.784. The molecule has 0 aliphatic heterocycles. The van der Waals surface area contributed by atoms with Crippen LogP contribution in [0.1, 0.15) is 12.8 Å². The van der Waals surface area contributed by atoms with Gasteiger partial charge in [0.2, 0.25) is 15.9 Å². The van der Waals surface area contributed by atoms with E-state index in [4.69, 9.17) is 9.88 Å². The summed E-state index contributed by atoms with van der Waals surface area (Å²) in [7, 11) is -0.638. The van der Waals surface area contributed by atoms with Crippen LogP contribution in [-0.2, 0) is 14.8 Å². The SMILES string of the molecule is CN(C)C(=O)CCCOc1ccc(S(N)(=O)=O)cc1F. The van der Waals surface area contributed by atoms with Gasteiger partial charge in [0.1, 0.15) is 0 Å². The van der Waals surface area contributed by atoms with E-state index in [9.17, 15) is 17.6 Å². The molecule has 0 aliphatic carbocycles. The van der Waals surface area contributed by atoms with E-state index in [-0.39, 0.29) is 23.2 Å². The molecule has 112 valence electrons. The Morgan fingerprint density at radius 1 is 1.40 bits per heavy atom. The number of nitrogens with two attached hydrogens (primary N) is 1. The van der Waals surface area contributed by atoms with Crippen LogP contribution in [0.25, 0.3) is 0 Å². The maximum Gasteiger partial charge on any atom is 0.238 e. The predicted molar refractivity (Wildman–Crippen MR) is 71.2 cm³/mol. The second-order valence-electron chi connectivity index (χ2n) is 4.38. The third kappa shape index (κ3) is 4.78. The average Bonchev–Trinajstić information content (AvgIpc) is 2.34. The highest BCUT2D eigenvalue weighted by atomic mass is 32.2. The van der Waals surface area contributed by atoms with Crippen molar-refractivity contribution in [3.8, 4) is 5.75 Å². The number of hydrogen-bond donors (Lipinski definition) is 1. The first kappa shape index (κ1) is 16.4. The Hall–Kier alpha value is -1.67. The van der Waals surface area contributed by atoms with E-state index >= 15 is 0 Å². The lowest BCUT2D eigenvalue weighted by molar-refractivity contribution is -0.128. The summed E-state index contributed by atoms with van der Waals surface area (Å²) in [6, 6.07) is 3.16. The van der Waals surface area contributed by atoms with E-state index in [1.54, 1.807) is 14.1 Å². The van der Waals surface area contributed by atoms with Gasteiger partial charge in [-0.25, -0.2) is 17.9 Å². The number of nitrogens with zero attached hydrogens (tertiary/aromatic N) is 1. The Labute approximate surface area is 117 Å². The van der Waals surface area contributed by atoms with Crippen molar-refractivity contribution in [3.63, 3.8) is 0 Å². The fraction of sp³-hybridized carbons (Fsp3) is 0.417. The minimum absolute atomic E-state index is 0.0429. The van der Waals surface area contributed by atoms with Gasteiger partial charge < -0.3 is 9.64 Å². The van der Waals surface area contributed by atoms with Crippen molar-refractivity contribution in [1.29, 1.82) is 0 Å². The van der Waals surface area contributed by atoms with Crippen LogP contribution in [-0.4, -0.2) is 39.9 Å². The molecule has 0 saturated carbocycles. The van der Waals surface area contributed by atoms with Gasteiger partial charge in [0.25, 0.3) is 0 Å². The van der Waals surface area contributed by atoms with E-state index < -0.39 is 15.8 Å². The van der Waals surface area contributed by atoms with E-state index in [1.165, 1.54) is 17.0 Å². The molecule has 1 amide bonds. The Bertz CT molecular complexity index is 587. The number of rotatable bonds is 6. The van der Waals surface area contributed by atoms with Crippen molar-refractivity contribution in [2.45, 2.75) is 17.7 Å². The maximum atomic E-state index is 13.6. The molecule has 2 N–H and O–H groups in total. The lowest BCUT2D eigenvalue weighted by Crippen LogP contribution is -2.21. The third-order valence-electron chi connectivity index (χ3n) is 2.52. The Balaban J connectivity index is 2.56. The molecule has 0 aromatic heterocycles. The first-order valence-corrected chi connectivity index (χ1v) is 7.42. The molecular weight excluding hydrogens is 287 g/mol. The summed E-state index contributed by atoms with van der Waals surface area (Å²) >= 11 is 0. The summed E-state index contributed by atoms with van der Waals surface area (Å²) in [5.41, 5.74) is 0. The normalized spacial score (nSPS) is 11.2. The minimum Gasteiger partial charge on any atom is -0.491 e. The van der Waals surface area contributed by atoms with Crippen LogP contribution in [0.2, 0.25) is 0 Å². The zero-order valence-electron chi connectivity index (χ0n) is 11.3. The van der Waals surface area contributed by atoms with Gasteiger partial charge in [0.05, 0.1) is 11.5 Å². The lowest BCUT2D eigenvalue weighted by Gasteiger charge is -2.11. The fourth-order valence-electron chi connectivity index (χ4n) is 1.40. The molecule has 0 heterocycles. The molecule has 0 spiro atoms. The highest BCUT2D eigenvalue weighted by Gasteiger charge is 2.12. The Morgan fingerprint density at radius 3 is 2.55 bits per heavy atom. The second kappa shape index (κ2) is 6.67. The number of sulfonamides is 1. The van der Waals surface area contributed by atoms with Gasteiger partial charge >= 0.3 is 0 Å². The molecular formula is C12H17FN2O4S. The maximum absolute atomic E-state index is 13.6. The summed E-state index contributed by atoms with van der Waals surface area (Å²) in [5.74, 6) is -0.927. The van der Waals surface area contributed by atoms with Crippen LogP contribution in [0.5, 0.6) is 5.75 Å². The summed E-state index contributed by atoms with van der Waals surface area (Å²) in [4.78, 5) is 12.4. The van der Waals surface area contributed by atoms with Gasteiger partial charge in [-0.3, -0.25) is 4.79 Å². The highest BCUT2D eigenvalue weighted by molar-refractivity contribution is 7.89. The Morgan fingerprint density at radius 2 is 2.05 bits per heavy atom. The third-order valence-corrected chi connectivity index (χ3v) is 3.43. The Kier molecular flexibility index (Phi) is 5.46. The molecule has 0 fully saturated rings. The van der Waals surface area contributed by atoms with Crippen LogP contribution in [0.3, 0.4) is 0 Å². The molecule has 0 aliphatic rings. The van der Waals surface area contributed by atoms with Crippen molar-refractivity contribution >= 4 is 15.9 Å². The average molecular weight is 304 g/mol. The summed E-state index contributed by atoms with van der Waals surface area (Å²) in [5, 5.41) is 4.88. The minimum atomic E-state index is -3.93. The predicted octanol–water partition coefficient (Wildman–Crippen LogP) is 0.720. The molecule has 1 aromatic rings.